The van der Waals surface area contributed by atoms with Crippen molar-refractivity contribution in [2.75, 3.05) is 0 Å². The number of aromatic hydroxyl groups is 1. The standard InChI is InChI=1S/C24H19NO2/c1-2-25-21-8-4-3-6-17(21)19-13-15(10-11-22(19)25)12-16-14-20-18(24(16)27)7-5-9-23(20)26/h3-13,26H,2,14H2,1H3/b16-12+. The minimum atomic E-state index is 0.0111. The Morgan fingerprint density at radius 1 is 1.00 bits per heavy atom. The van der Waals surface area contributed by atoms with Crippen molar-refractivity contribution in [2.45, 2.75) is 19.9 Å². The highest BCUT2D eigenvalue weighted by molar-refractivity contribution is 6.16. The van der Waals surface area contributed by atoms with Gasteiger partial charge >= 0.3 is 0 Å². The van der Waals surface area contributed by atoms with E-state index in [0.29, 0.717) is 12.0 Å². The van der Waals surface area contributed by atoms with E-state index in [1.165, 1.54) is 21.8 Å². The van der Waals surface area contributed by atoms with Crippen LogP contribution in [0.3, 0.4) is 0 Å². The van der Waals surface area contributed by atoms with E-state index >= 15 is 0 Å². The Bertz CT molecular complexity index is 1260. The van der Waals surface area contributed by atoms with Gasteiger partial charge in [0.25, 0.3) is 0 Å². The van der Waals surface area contributed by atoms with Crippen molar-refractivity contribution < 1.29 is 9.90 Å². The fraction of sp³-hybridized carbons (Fsp3) is 0.125. The van der Waals surface area contributed by atoms with E-state index in [0.717, 1.165) is 23.2 Å². The number of aryl methyl sites for hydroxylation is 1. The molecule has 0 radical (unpaired) electrons. The minimum absolute atomic E-state index is 0.0111. The van der Waals surface area contributed by atoms with Gasteiger partial charge in [-0.3, -0.25) is 4.79 Å². The molecule has 0 aliphatic heterocycles. The van der Waals surface area contributed by atoms with Gasteiger partial charge in [0.15, 0.2) is 5.78 Å². The molecule has 3 aromatic carbocycles. The van der Waals surface area contributed by atoms with Crippen molar-refractivity contribution in [2.24, 2.45) is 0 Å². The summed E-state index contributed by atoms with van der Waals surface area (Å²) in [6, 6.07) is 19.9. The zero-order chi connectivity index (χ0) is 18.5. The molecule has 1 aliphatic carbocycles. The molecule has 0 saturated heterocycles. The summed E-state index contributed by atoms with van der Waals surface area (Å²) in [6.07, 6.45) is 2.44. The summed E-state index contributed by atoms with van der Waals surface area (Å²) in [7, 11) is 0. The van der Waals surface area contributed by atoms with E-state index in [-0.39, 0.29) is 11.5 Å². The second-order valence-electron chi connectivity index (χ2n) is 7.02. The number of nitrogens with zero attached hydrogens (tertiary/aromatic N) is 1. The summed E-state index contributed by atoms with van der Waals surface area (Å²) >= 11 is 0. The predicted octanol–water partition coefficient (Wildman–Crippen LogP) is 5.34. The number of carbonyl (C=O) groups is 1. The van der Waals surface area contributed by atoms with Crippen LogP contribution in [0, 0.1) is 0 Å². The molecular formula is C24H19NO2. The van der Waals surface area contributed by atoms with E-state index in [1.54, 1.807) is 18.2 Å². The van der Waals surface area contributed by atoms with Gasteiger partial charge in [0, 0.05) is 51.5 Å². The highest BCUT2D eigenvalue weighted by Gasteiger charge is 2.26. The van der Waals surface area contributed by atoms with Crippen LogP contribution in [-0.2, 0) is 13.0 Å². The maximum absolute atomic E-state index is 12.7. The van der Waals surface area contributed by atoms with Crippen LogP contribution >= 0.6 is 0 Å². The maximum Gasteiger partial charge on any atom is 0.189 e. The Hall–Kier alpha value is -3.33. The SMILES string of the molecule is CCn1c2ccccc2c2cc(/C=C3\Cc4c(O)cccc4C3=O)ccc21. The number of fused-ring (bicyclic) bond motifs is 4. The first-order valence-corrected chi connectivity index (χ1v) is 9.24. The summed E-state index contributed by atoms with van der Waals surface area (Å²) in [4.78, 5) is 12.7. The van der Waals surface area contributed by atoms with Gasteiger partial charge in [-0.05, 0) is 42.8 Å². The summed E-state index contributed by atoms with van der Waals surface area (Å²) in [5.74, 6) is 0.211. The van der Waals surface area contributed by atoms with Gasteiger partial charge in [-0.15, -0.1) is 0 Å². The van der Waals surface area contributed by atoms with Crippen molar-refractivity contribution in [3.05, 3.63) is 82.9 Å². The van der Waals surface area contributed by atoms with Crippen LogP contribution in [-0.4, -0.2) is 15.5 Å². The van der Waals surface area contributed by atoms with Gasteiger partial charge in [-0.2, -0.15) is 0 Å². The molecule has 1 aliphatic rings. The molecule has 3 heteroatoms. The number of ketones is 1. The predicted molar refractivity (Wildman–Crippen MR) is 109 cm³/mol. The Balaban J connectivity index is 1.65. The Kier molecular flexibility index (Phi) is 3.44. The van der Waals surface area contributed by atoms with Crippen LogP contribution in [0.15, 0.2) is 66.2 Å². The number of carbonyl (C=O) groups excluding carboxylic acids is 1. The Morgan fingerprint density at radius 2 is 1.81 bits per heavy atom. The van der Waals surface area contributed by atoms with Crippen LogP contribution < -0.4 is 0 Å². The first-order chi connectivity index (χ1) is 13.2. The first kappa shape index (κ1) is 15.9. The number of benzene rings is 3. The van der Waals surface area contributed by atoms with Crippen molar-refractivity contribution in [3.63, 3.8) is 0 Å². The molecule has 1 aromatic heterocycles. The molecule has 0 unspecified atom stereocenters. The van der Waals surface area contributed by atoms with Gasteiger partial charge in [0.1, 0.15) is 5.75 Å². The molecule has 3 nitrogen and oxygen atoms in total. The third-order valence-corrected chi connectivity index (χ3v) is 5.51. The number of hydrogen-bond donors (Lipinski definition) is 1. The van der Waals surface area contributed by atoms with Crippen LogP contribution in [0.25, 0.3) is 27.9 Å². The fourth-order valence-electron chi connectivity index (χ4n) is 4.24. The molecule has 0 fully saturated rings. The molecule has 1 N–H and O–H groups in total. The molecule has 0 bridgehead atoms. The lowest BCUT2D eigenvalue weighted by Crippen LogP contribution is -1.95. The lowest BCUT2D eigenvalue weighted by molar-refractivity contribution is 0.104. The van der Waals surface area contributed by atoms with Crippen LogP contribution in [0.2, 0.25) is 0 Å². The molecule has 27 heavy (non-hydrogen) atoms. The second-order valence-corrected chi connectivity index (χ2v) is 7.02. The summed E-state index contributed by atoms with van der Waals surface area (Å²) in [5.41, 5.74) is 5.53. The zero-order valence-corrected chi connectivity index (χ0v) is 15.1. The fourth-order valence-corrected chi connectivity index (χ4v) is 4.24. The number of allylic oxidation sites excluding steroid dienone is 1. The average Bonchev–Trinajstić information content (AvgIpc) is 3.18. The maximum atomic E-state index is 12.7. The molecule has 0 saturated carbocycles. The highest BCUT2D eigenvalue weighted by atomic mass is 16.3. The van der Waals surface area contributed by atoms with Gasteiger partial charge in [-0.1, -0.05) is 36.4 Å². The number of aromatic nitrogens is 1. The number of rotatable bonds is 2. The normalized spacial score (nSPS) is 15.1. The topological polar surface area (TPSA) is 42.2 Å². The zero-order valence-electron chi connectivity index (χ0n) is 15.1. The third kappa shape index (κ3) is 2.32. The molecule has 5 rings (SSSR count). The van der Waals surface area contributed by atoms with E-state index < -0.39 is 0 Å². The van der Waals surface area contributed by atoms with Crippen molar-refractivity contribution in [1.82, 2.24) is 4.57 Å². The molecular weight excluding hydrogens is 334 g/mol. The van der Waals surface area contributed by atoms with Crippen molar-refractivity contribution in [1.29, 1.82) is 0 Å². The summed E-state index contributed by atoms with van der Waals surface area (Å²) < 4.78 is 2.32. The van der Waals surface area contributed by atoms with Gasteiger partial charge in [0.2, 0.25) is 0 Å². The van der Waals surface area contributed by atoms with Crippen LogP contribution in [0.4, 0.5) is 0 Å². The van der Waals surface area contributed by atoms with Crippen molar-refractivity contribution >= 4 is 33.7 Å². The van der Waals surface area contributed by atoms with Crippen molar-refractivity contribution in [3.8, 4) is 5.75 Å². The number of phenols is 1. The smallest absolute Gasteiger partial charge is 0.189 e. The number of para-hydroxylation sites is 1. The largest absolute Gasteiger partial charge is 0.508 e. The van der Waals surface area contributed by atoms with Gasteiger partial charge in [0.05, 0.1) is 0 Å². The first-order valence-electron chi connectivity index (χ1n) is 9.24. The Morgan fingerprint density at radius 3 is 2.63 bits per heavy atom. The molecule has 1 heterocycles. The number of hydrogen-bond acceptors (Lipinski definition) is 2. The third-order valence-electron chi connectivity index (χ3n) is 5.51. The van der Waals surface area contributed by atoms with E-state index in [4.69, 9.17) is 0 Å². The number of phenolic OH excluding ortho intramolecular Hbond substituents is 1. The van der Waals surface area contributed by atoms with Crippen LogP contribution in [0.1, 0.15) is 28.4 Å². The van der Waals surface area contributed by atoms with Crippen LogP contribution in [0.5, 0.6) is 5.75 Å². The summed E-state index contributed by atoms with van der Waals surface area (Å²) in [6.45, 7) is 3.07. The van der Waals surface area contributed by atoms with E-state index in [1.807, 2.05) is 6.08 Å². The number of Topliss-reactive ketones (excluding diaryl/α,β-unsaturated/α-hetero) is 1. The molecule has 0 amide bonds. The monoisotopic (exact) mass is 353 g/mol. The lowest BCUT2D eigenvalue weighted by Gasteiger charge is -2.03. The minimum Gasteiger partial charge on any atom is -0.508 e. The highest BCUT2D eigenvalue weighted by Crippen LogP contribution is 2.35. The average molecular weight is 353 g/mol. The Labute approximate surface area is 157 Å². The summed E-state index contributed by atoms with van der Waals surface area (Å²) in [5, 5.41) is 12.5. The molecule has 4 aromatic rings. The quantitative estimate of drug-likeness (QED) is 0.494. The lowest BCUT2D eigenvalue weighted by atomic mass is 10.0. The molecule has 132 valence electrons. The van der Waals surface area contributed by atoms with E-state index in [9.17, 15) is 9.90 Å². The van der Waals surface area contributed by atoms with Gasteiger partial charge < -0.3 is 9.67 Å². The second kappa shape index (κ2) is 5.85. The molecule has 0 spiro atoms. The van der Waals surface area contributed by atoms with E-state index in [2.05, 4.69) is 54.0 Å². The molecule has 0 atom stereocenters. The van der Waals surface area contributed by atoms with Gasteiger partial charge in [-0.25, -0.2) is 0 Å².